The first kappa shape index (κ1) is 13.6. The summed E-state index contributed by atoms with van der Waals surface area (Å²) in [5, 5.41) is 1.29. The van der Waals surface area contributed by atoms with Crippen molar-refractivity contribution in [2.24, 2.45) is 0 Å². The van der Waals surface area contributed by atoms with Gasteiger partial charge in [-0.25, -0.2) is 10.9 Å². The summed E-state index contributed by atoms with van der Waals surface area (Å²) in [4.78, 5) is 15.0. The van der Waals surface area contributed by atoms with Gasteiger partial charge >= 0.3 is 0 Å². The lowest BCUT2D eigenvalue weighted by molar-refractivity contribution is -0.858. The van der Waals surface area contributed by atoms with Crippen LogP contribution in [0.3, 0.4) is 0 Å². The molecule has 5 nitrogen and oxygen atoms in total. The second-order valence-corrected chi connectivity index (χ2v) is 5.09. The number of carbonyl (C=O) groups excluding carboxylic acids is 1. The molecule has 19 heavy (non-hydrogen) atoms. The largest absolute Gasteiger partial charge is 0.361 e. The Morgan fingerprint density at radius 2 is 2.26 bits per heavy atom. The third-order valence-electron chi connectivity index (χ3n) is 3.25. The second kappa shape index (κ2) is 6.36. The van der Waals surface area contributed by atoms with E-state index in [0.29, 0.717) is 6.41 Å². The summed E-state index contributed by atoms with van der Waals surface area (Å²) in [6.07, 6.45) is 3.87. The van der Waals surface area contributed by atoms with Gasteiger partial charge in [-0.2, -0.15) is 0 Å². The van der Waals surface area contributed by atoms with Gasteiger partial charge in [0.2, 0.25) is 0 Å². The number of quaternary nitrogens is 2. The molecule has 5 heteroatoms. The van der Waals surface area contributed by atoms with Crippen molar-refractivity contribution in [3.63, 3.8) is 0 Å². The maximum Gasteiger partial charge on any atom is 0.252 e. The zero-order valence-corrected chi connectivity index (χ0v) is 11.5. The van der Waals surface area contributed by atoms with Gasteiger partial charge in [-0.05, 0) is 17.7 Å². The van der Waals surface area contributed by atoms with E-state index in [2.05, 4.69) is 48.9 Å². The van der Waals surface area contributed by atoms with Crippen LogP contribution in [-0.4, -0.2) is 32.0 Å². The van der Waals surface area contributed by atoms with Gasteiger partial charge in [0, 0.05) is 29.1 Å². The Bertz CT molecular complexity index is 547. The first-order chi connectivity index (χ1) is 9.20. The van der Waals surface area contributed by atoms with Crippen LogP contribution < -0.4 is 15.8 Å². The summed E-state index contributed by atoms with van der Waals surface area (Å²) < 4.78 is 0. The molecule has 0 unspecified atom stereocenters. The monoisotopic (exact) mass is 262 g/mol. The Morgan fingerprint density at radius 3 is 3.00 bits per heavy atom. The summed E-state index contributed by atoms with van der Waals surface area (Å²) in [7, 11) is 4.33. The number of aromatic amines is 1. The lowest BCUT2D eigenvalue weighted by atomic mass is 10.1. The summed E-state index contributed by atoms with van der Waals surface area (Å²) in [6.45, 7) is 1.87. The van der Waals surface area contributed by atoms with E-state index in [1.807, 2.05) is 0 Å². The first-order valence-electron chi connectivity index (χ1n) is 6.60. The number of carbonyl (C=O) groups is 1. The van der Waals surface area contributed by atoms with Gasteiger partial charge in [0.05, 0.1) is 20.6 Å². The molecule has 1 amide bonds. The Hall–Kier alpha value is -1.85. The van der Waals surface area contributed by atoms with E-state index in [4.69, 9.17) is 0 Å². The predicted molar refractivity (Wildman–Crippen MR) is 74.5 cm³/mol. The van der Waals surface area contributed by atoms with Crippen LogP contribution in [0.4, 0.5) is 0 Å². The fraction of sp³-hybridized carbons (Fsp3) is 0.357. The number of likely N-dealkylation sites (N-methyl/N-ethyl adjacent to an activating group) is 1. The van der Waals surface area contributed by atoms with Gasteiger partial charge in [0.25, 0.3) is 6.41 Å². The number of hydrogen-bond donors (Lipinski definition) is 4. The van der Waals surface area contributed by atoms with Crippen LogP contribution in [0.2, 0.25) is 0 Å². The lowest BCUT2D eigenvalue weighted by Gasteiger charge is -2.06. The van der Waals surface area contributed by atoms with Crippen LogP contribution in [0, 0.1) is 0 Å². The molecular weight excluding hydrogens is 240 g/mol. The number of rotatable bonds is 7. The van der Waals surface area contributed by atoms with Crippen LogP contribution in [0.25, 0.3) is 10.9 Å². The van der Waals surface area contributed by atoms with Crippen molar-refractivity contribution >= 4 is 17.3 Å². The van der Waals surface area contributed by atoms with Crippen molar-refractivity contribution in [1.82, 2.24) is 10.4 Å². The molecule has 0 radical (unpaired) electrons. The first-order valence-corrected chi connectivity index (χ1v) is 6.60. The Kier molecular flexibility index (Phi) is 4.54. The predicted octanol–water partition coefficient (Wildman–Crippen LogP) is -1.42. The highest BCUT2D eigenvalue weighted by molar-refractivity contribution is 5.83. The number of amides is 1. The SMILES string of the molecule is C[NH+](C)CCc1c[nH]c2ccc(C[NH2+]NC=O)cc12. The molecule has 2 rings (SSSR count). The molecule has 0 aliphatic carbocycles. The maximum atomic E-state index is 10.2. The molecule has 102 valence electrons. The molecule has 5 N–H and O–H groups in total. The Labute approximate surface area is 113 Å². The van der Waals surface area contributed by atoms with Crippen LogP contribution >= 0.6 is 0 Å². The number of H-pyrrole nitrogens is 1. The number of nitrogens with two attached hydrogens (primary N) is 1. The van der Waals surface area contributed by atoms with Crippen molar-refractivity contribution in [3.8, 4) is 0 Å². The molecule has 2 aromatic rings. The van der Waals surface area contributed by atoms with Crippen molar-refractivity contribution < 1.29 is 15.1 Å². The Balaban J connectivity index is 2.14. The molecule has 0 fully saturated rings. The maximum absolute atomic E-state index is 10.2. The van der Waals surface area contributed by atoms with E-state index in [1.165, 1.54) is 26.9 Å². The highest BCUT2D eigenvalue weighted by atomic mass is 16.1. The number of fused-ring (bicyclic) bond motifs is 1. The molecule has 0 aliphatic heterocycles. The average molecular weight is 262 g/mol. The minimum Gasteiger partial charge on any atom is -0.361 e. The number of nitrogens with one attached hydrogen (secondary N) is 3. The third kappa shape index (κ3) is 3.56. The number of hydrogen-bond acceptors (Lipinski definition) is 1. The fourth-order valence-corrected chi connectivity index (χ4v) is 2.17. The van der Waals surface area contributed by atoms with Crippen LogP contribution in [0.1, 0.15) is 11.1 Å². The van der Waals surface area contributed by atoms with Gasteiger partial charge in [-0.3, -0.25) is 4.79 Å². The molecule has 0 spiro atoms. The van der Waals surface area contributed by atoms with Crippen molar-refractivity contribution in [2.45, 2.75) is 13.0 Å². The summed E-state index contributed by atoms with van der Waals surface area (Å²) >= 11 is 0. The number of benzene rings is 1. The van der Waals surface area contributed by atoms with Gasteiger partial charge in [-0.1, -0.05) is 6.07 Å². The van der Waals surface area contributed by atoms with Gasteiger partial charge in [0.1, 0.15) is 6.54 Å². The standard InChI is InChI=1S/C14H20N4O/c1-18(2)6-5-12-9-15-14-4-3-11(7-13(12)14)8-16-17-10-19/h3-4,7,9-10,15-16H,5-6,8H2,1-2H3,(H,17,19)/p+2. The van der Waals surface area contributed by atoms with E-state index >= 15 is 0 Å². The third-order valence-corrected chi connectivity index (χ3v) is 3.25. The summed E-state index contributed by atoms with van der Waals surface area (Å²) in [5.41, 5.74) is 8.09. The molecule has 1 aromatic carbocycles. The summed E-state index contributed by atoms with van der Waals surface area (Å²) in [5.74, 6) is 0. The van der Waals surface area contributed by atoms with Crippen LogP contribution in [-0.2, 0) is 17.8 Å². The van der Waals surface area contributed by atoms with Crippen LogP contribution in [0.15, 0.2) is 24.4 Å². The van der Waals surface area contributed by atoms with Crippen LogP contribution in [0.5, 0.6) is 0 Å². The molecule has 0 saturated heterocycles. The minimum atomic E-state index is 0.695. The number of aromatic nitrogens is 1. The molecule has 0 saturated carbocycles. The minimum absolute atomic E-state index is 0.695. The highest BCUT2D eigenvalue weighted by Gasteiger charge is 2.07. The topological polar surface area (TPSA) is 65.9 Å². The normalized spacial score (nSPS) is 11.1. The van der Waals surface area contributed by atoms with Gasteiger partial charge in [-0.15, -0.1) is 0 Å². The second-order valence-electron chi connectivity index (χ2n) is 5.09. The Morgan fingerprint density at radius 1 is 1.42 bits per heavy atom. The fourth-order valence-electron chi connectivity index (χ4n) is 2.17. The van der Waals surface area contributed by atoms with E-state index in [-0.39, 0.29) is 0 Å². The van der Waals surface area contributed by atoms with Gasteiger partial charge < -0.3 is 9.88 Å². The van der Waals surface area contributed by atoms with Gasteiger partial charge in [0.15, 0.2) is 0 Å². The van der Waals surface area contributed by atoms with E-state index in [9.17, 15) is 4.79 Å². The zero-order chi connectivity index (χ0) is 13.7. The van der Waals surface area contributed by atoms with Crippen molar-refractivity contribution in [1.29, 1.82) is 0 Å². The van der Waals surface area contributed by atoms with E-state index in [1.54, 1.807) is 5.43 Å². The van der Waals surface area contributed by atoms with E-state index in [0.717, 1.165) is 19.5 Å². The molecular formula is C14H22N4O+2. The molecule has 0 aliphatic rings. The molecule has 0 atom stereocenters. The molecule has 1 heterocycles. The summed E-state index contributed by atoms with van der Waals surface area (Å²) in [6, 6.07) is 6.39. The lowest BCUT2D eigenvalue weighted by Crippen LogP contribution is -3.05. The van der Waals surface area contributed by atoms with E-state index < -0.39 is 0 Å². The highest BCUT2D eigenvalue weighted by Crippen LogP contribution is 2.19. The average Bonchev–Trinajstić information content (AvgIpc) is 2.79. The smallest absolute Gasteiger partial charge is 0.252 e. The van der Waals surface area contributed by atoms with Crippen molar-refractivity contribution in [2.75, 3.05) is 20.6 Å². The molecule has 1 aromatic heterocycles. The quantitative estimate of drug-likeness (QED) is 0.160. The van der Waals surface area contributed by atoms with Crippen molar-refractivity contribution in [3.05, 3.63) is 35.5 Å². The molecule has 0 bridgehead atoms. The zero-order valence-electron chi connectivity index (χ0n) is 11.5.